The molecule has 0 aromatic heterocycles. The predicted octanol–water partition coefficient (Wildman–Crippen LogP) is 4.25. The van der Waals surface area contributed by atoms with E-state index in [0.717, 1.165) is 42.9 Å². The van der Waals surface area contributed by atoms with Gasteiger partial charge in [0.15, 0.2) is 0 Å². The quantitative estimate of drug-likeness (QED) is 0.670. The molecule has 0 bridgehead atoms. The third-order valence-corrected chi connectivity index (χ3v) is 6.49. The van der Waals surface area contributed by atoms with E-state index in [1.54, 1.807) is 13.0 Å². The van der Waals surface area contributed by atoms with Crippen LogP contribution in [-0.4, -0.2) is 65.8 Å². The second-order valence-corrected chi connectivity index (χ2v) is 9.97. The van der Waals surface area contributed by atoms with Crippen molar-refractivity contribution < 1.29 is 14.3 Å². The van der Waals surface area contributed by atoms with Gasteiger partial charge in [0.25, 0.3) is 5.91 Å². The molecular weight excluding hydrogens is 440 g/mol. The summed E-state index contributed by atoms with van der Waals surface area (Å²) in [5.74, 6) is 0.0371. The van der Waals surface area contributed by atoms with Crippen molar-refractivity contribution in [2.24, 2.45) is 10.7 Å². The molecule has 2 heterocycles. The van der Waals surface area contributed by atoms with Crippen LogP contribution in [0.15, 0.2) is 53.0 Å². The van der Waals surface area contributed by atoms with E-state index in [1.165, 1.54) is 0 Å². The summed E-state index contributed by atoms with van der Waals surface area (Å²) in [6.07, 6.45) is 2.03. The van der Waals surface area contributed by atoms with Crippen LogP contribution in [0.3, 0.4) is 0 Å². The molecule has 0 atom stereocenters. The van der Waals surface area contributed by atoms with E-state index in [-0.39, 0.29) is 23.8 Å². The number of carbonyl (C=O) groups excluding carboxylic acids is 2. The number of esters is 1. The number of aliphatic imine (C=N–C) groups is 1. The highest BCUT2D eigenvalue weighted by Crippen LogP contribution is 2.32. The summed E-state index contributed by atoms with van der Waals surface area (Å²) in [6, 6.07) is 13.5. The van der Waals surface area contributed by atoms with E-state index >= 15 is 0 Å². The van der Waals surface area contributed by atoms with E-state index in [2.05, 4.69) is 30.7 Å². The van der Waals surface area contributed by atoms with Gasteiger partial charge in [0.1, 0.15) is 5.84 Å². The minimum Gasteiger partial charge on any atom is -0.463 e. The van der Waals surface area contributed by atoms with Crippen molar-refractivity contribution in [1.29, 1.82) is 0 Å². The molecule has 184 valence electrons. The molecule has 2 aromatic carbocycles. The lowest BCUT2D eigenvalue weighted by atomic mass is 9.99. The SMILES string of the molecule is CCOC(=O)C1=Cc2ccc(-c3cccc(C(=O)N4CCN(C(C)(C)C)CC4)c3)cc2N=C(N)C1. The Morgan fingerprint density at radius 2 is 1.74 bits per heavy atom. The number of piperazine rings is 1. The van der Waals surface area contributed by atoms with Gasteiger partial charge in [-0.2, -0.15) is 0 Å². The fourth-order valence-corrected chi connectivity index (χ4v) is 4.52. The number of nitrogens with two attached hydrogens (primary N) is 1. The summed E-state index contributed by atoms with van der Waals surface area (Å²) in [5, 5.41) is 0. The van der Waals surface area contributed by atoms with Gasteiger partial charge in [-0.3, -0.25) is 9.69 Å². The van der Waals surface area contributed by atoms with Crippen LogP contribution in [0.25, 0.3) is 17.2 Å². The highest BCUT2D eigenvalue weighted by atomic mass is 16.5. The van der Waals surface area contributed by atoms with Gasteiger partial charge in [-0.1, -0.05) is 24.3 Å². The molecule has 2 N–H and O–H groups in total. The van der Waals surface area contributed by atoms with Gasteiger partial charge in [0, 0.05) is 54.8 Å². The van der Waals surface area contributed by atoms with Crippen LogP contribution in [0.1, 0.15) is 50.0 Å². The first-order valence-corrected chi connectivity index (χ1v) is 12.2. The third-order valence-electron chi connectivity index (χ3n) is 6.49. The third kappa shape index (κ3) is 5.62. The Morgan fingerprint density at radius 3 is 2.43 bits per heavy atom. The number of benzene rings is 2. The largest absolute Gasteiger partial charge is 0.463 e. The minimum absolute atomic E-state index is 0.0550. The van der Waals surface area contributed by atoms with E-state index in [1.807, 2.05) is 47.4 Å². The zero-order valence-electron chi connectivity index (χ0n) is 21.0. The van der Waals surface area contributed by atoms with Crippen LogP contribution in [0.2, 0.25) is 0 Å². The van der Waals surface area contributed by atoms with Crippen LogP contribution < -0.4 is 5.73 Å². The lowest BCUT2D eigenvalue weighted by Crippen LogP contribution is -2.54. The summed E-state index contributed by atoms with van der Waals surface area (Å²) in [6.45, 7) is 11.9. The van der Waals surface area contributed by atoms with Crippen molar-refractivity contribution in [3.8, 4) is 11.1 Å². The van der Waals surface area contributed by atoms with Crippen molar-refractivity contribution in [3.05, 3.63) is 59.2 Å². The van der Waals surface area contributed by atoms with Crippen LogP contribution in [0.5, 0.6) is 0 Å². The van der Waals surface area contributed by atoms with E-state index in [9.17, 15) is 9.59 Å². The van der Waals surface area contributed by atoms with Gasteiger partial charge in [0.2, 0.25) is 0 Å². The fourth-order valence-electron chi connectivity index (χ4n) is 4.52. The van der Waals surface area contributed by atoms with Crippen molar-refractivity contribution in [2.45, 2.75) is 39.7 Å². The number of fused-ring (bicyclic) bond motifs is 1. The molecule has 1 amide bonds. The molecule has 1 saturated heterocycles. The average molecular weight is 475 g/mol. The van der Waals surface area contributed by atoms with Gasteiger partial charge in [0.05, 0.1) is 12.3 Å². The Balaban J connectivity index is 1.56. The second kappa shape index (κ2) is 10.0. The van der Waals surface area contributed by atoms with Gasteiger partial charge >= 0.3 is 5.97 Å². The second-order valence-electron chi connectivity index (χ2n) is 9.97. The molecule has 4 rings (SSSR count). The minimum atomic E-state index is -0.378. The molecule has 0 radical (unpaired) electrons. The molecule has 2 aliphatic rings. The van der Waals surface area contributed by atoms with Crippen molar-refractivity contribution in [2.75, 3.05) is 32.8 Å². The molecule has 1 fully saturated rings. The lowest BCUT2D eigenvalue weighted by molar-refractivity contribution is -0.138. The first kappa shape index (κ1) is 24.7. The maximum absolute atomic E-state index is 13.2. The summed E-state index contributed by atoms with van der Waals surface area (Å²) in [7, 11) is 0. The first-order valence-electron chi connectivity index (χ1n) is 12.2. The average Bonchev–Trinajstić information content (AvgIpc) is 3.01. The zero-order chi connectivity index (χ0) is 25.2. The van der Waals surface area contributed by atoms with Crippen LogP contribution in [-0.2, 0) is 9.53 Å². The number of carbonyl (C=O) groups is 2. The number of hydrogen-bond acceptors (Lipinski definition) is 6. The summed E-state index contributed by atoms with van der Waals surface area (Å²) in [5.41, 5.74) is 10.7. The van der Waals surface area contributed by atoms with Crippen LogP contribution in [0, 0.1) is 0 Å². The standard InChI is InChI=1S/C28H34N4O3/c1-5-35-27(34)23-16-21-10-9-20(17-24(21)30-25(29)18-23)19-7-6-8-22(15-19)26(33)31-11-13-32(14-12-31)28(2,3)4/h6-10,15-17H,5,11-14,18H2,1-4H3,(H2,29,30). The van der Waals surface area contributed by atoms with E-state index < -0.39 is 0 Å². The molecule has 35 heavy (non-hydrogen) atoms. The van der Waals surface area contributed by atoms with Crippen LogP contribution >= 0.6 is 0 Å². The molecular formula is C28H34N4O3. The number of rotatable bonds is 4. The highest BCUT2D eigenvalue weighted by Gasteiger charge is 2.28. The van der Waals surface area contributed by atoms with Gasteiger partial charge in [-0.05, 0) is 63.1 Å². The maximum Gasteiger partial charge on any atom is 0.334 e. The van der Waals surface area contributed by atoms with Gasteiger partial charge in [-0.15, -0.1) is 0 Å². The summed E-state index contributed by atoms with van der Waals surface area (Å²) < 4.78 is 5.14. The number of amides is 1. The first-order chi connectivity index (χ1) is 16.7. The summed E-state index contributed by atoms with van der Waals surface area (Å²) in [4.78, 5) is 34.4. The van der Waals surface area contributed by atoms with E-state index in [4.69, 9.17) is 10.5 Å². The molecule has 2 aliphatic heterocycles. The maximum atomic E-state index is 13.2. The molecule has 0 saturated carbocycles. The van der Waals surface area contributed by atoms with Crippen LogP contribution in [0.4, 0.5) is 5.69 Å². The van der Waals surface area contributed by atoms with Gasteiger partial charge < -0.3 is 15.4 Å². The fraction of sp³-hybridized carbons (Fsp3) is 0.393. The van der Waals surface area contributed by atoms with Crippen molar-refractivity contribution in [3.63, 3.8) is 0 Å². The smallest absolute Gasteiger partial charge is 0.334 e. The molecule has 7 heteroatoms. The Kier molecular flexibility index (Phi) is 7.08. The number of amidine groups is 1. The predicted molar refractivity (Wildman–Crippen MR) is 140 cm³/mol. The molecule has 0 aliphatic carbocycles. The van der Waals surface area contributed by atoms with Crippen molar-refractivity contribution in [1.82, 2.24) is 9.80 Å². The Hall–Kier alpha value is -3.45. The number of ether oxygens (including phenoxy) is 1. The topological polar surface area (TPSA) is 88.2 Å². The molecule has 0 spiro atoms. The number of nitrogens with zero attached hydrogens (tertiary/aromatic N) is 3. The Bertz CT molecular complexity index is 1180. The van der Waals surface area contributed by atoms with Crippen molar-refractivity contribution >= 4 is 29.5 Å². The highest BCUT2D eigenvalue weighted by molar-refractivity contribution is 6.03. The Morgan fingerprint density at radius 1 is 1.03 bits per heavy atom. The summed E-state index contributed by atoms with van der Waals surface area (Å²) >= 11 is 0. The lowest BCUT2D eigenvalue weighted by Gasteiger charge is -2.42. The molecule has 2 aromatic rings. The van der Waals surface area contributed by atoms with Gasteiger partial charge in [-0.25, -0.2) is 9.79 Å². The number of hydrogen-bond donors (Lipinski definition) is 1. The molecule has 7 nitrogen and oxygen atoms in total. The monoisotopic (exact) mass is 474 g/mol. The normalized spacial score (nSPS) is 16.6. The zero-order valence-corrected chi connectivity index (χ0v) is 21.0. The molecule has 0 unspecified atom stereocenters. The van der Waals surface area contributed by atoms with E-state index in [0.29, 0.717) is 29.3 Å². The Labute approximate surface area is 207 Å².